The molecule has 0 bridgehead atoms. The zero-order valence-corrected chi connectivity index (χ0v) is 11.7. The average Bonchev–Trinajstić information content (AvgIpc) is 2.88. The quantitative estimate of drug-likeness (QED) is 0.934. The van der Waals surface area contributed by atoms with Gasteiger partial charge in [-0.1, -0.05) is 11.6 Å². The molecule has 0 aliphatic rings. The molecule has 0 saturated heterocycles. The smallest absolute Gasteiger partial charge is 0.251 e. The van der Waals surface area contributed by atoms with Gasteiger partial charge < -0.3 is 5.32 Å². The normalized spacial score (nSPS) is 12.2. The molecule has 0 radical (unpaired) electrons. The maximum atomic E-state index is 12.0. The highest BCUT2D eigenvalue weighted by Gasteiger charge is 2.13. The van der Waals surface area contributed by atoms with E-state index in [1.165, 1.54) is 0 Å². The number of hydrogen-bond acceptors (Lipinski definition) is 2. The first-order valence-electron chi connectivity index (χ1n) is 6.20. The Balaban J connectivity index is 2.04. The van der Waals surface area contributed by atoms with Crippen molar-refractivity contribution in [3.63, 3.8) is 0 Å². The highest BCUT2D eigenvalue weighted by Crippen LogP contribution is 2.13. The number of carbonyl (C=O) groups excluding carboxylic acids is 1. The maximum absolute atomic E-state index is 12.0. The van der Waals surface area contributed by atoms with Crippen molar-refractivity contribution in [2.45, 2.75) is 26.4 Å². The predicted molar refractivity (Wildman–Crippen MR) is 75.2 cm³/mol. The summed E-state index contributed by atoms with van der Waals surface area (Å²) in [6.45, 7) is 4.75. The van der Waals surface area contributed by atoms with Crippen LogP contribution in [0.4, 0.5) is 0 Å². The lowest BCUT2D eigenvalue weighted by molar-refractivity contribution is 0.0939. The van der Waals surface area contributed by atoms with Crippen molar-refractivity contribution in [3.8, 4) is 0 Å². The number of aryl methyl sites for hydroxylation is 1. The first-order valence-corrected chi connectivity index (χ1v) is 6.57. The summed E-state index contributed by atoms with van der Waals surface area (Å²) < 4.78 is 1.83. The molecule has 100 valence electrons. The number of hydrogen-bond donors (Lipinski definition) is 1. The molecule has 2 rings (SSSR count). The summed E-state index contributed by atoms with van der Waals surface area (Å²) in [5, 5.41) is 7.90. The molecule has 5 heteroatoms. The fraction of sp³-hybridized carbons (Fsp3) is 0.286. The van der Waals surface area contributed by atoms with Crippen LogP contribution in [0.1, 0.15) is 35.9 Å². The van der Waals surface area contributed by atoms with Gasteiger partial charge in [-0.05, 0) is 44.2 Å². The van der Waals surface area contributed by atoms with E-state index in [1.54, 1.807) is 24.3 Å². The van der Waals surface area contributed by atoms with E-state index in [0.717, 1.165) is 12.2 Å². The lowest BCUT2D eigenvalue weighted by Gasteiger charge is -2.11. The van der Waals surface area contributed by atoms with Crippen LogP contribution in [0.5, 0.6) is 0 Å². The van der Waals surface area contributed by atoms with E-state index >= 15 is 0 Å². The van der Waals surface area contributed by atoms with Crippen molar-refractivity contribution in [3.05, 3.63) is 52.8 Å². The molecule has 0 aliphatic carbocycles. The number of aromatic nitrogens is 2. The molecule has 1 aromatic heterocycles. The fourth-order valence-electron chi connectivity index (χ4n) is 1.74. The molecule has 1 amide bonds. The highest BCUT2D eigenvalue weighted by molar-refractivity contribution is 6.30. The summed E-state index contributed by atoms with van der Waals surface area (Å²) in [6.07, 6.45) is 1.90. The zero-order chi connectivity index (χ0) is 13.8. The van der Waals surface area contributed by atoms with E-state index < -0.39 is 0 Å². The van der Waals surface area contributed by atoms with Crippen molar-refractivity contribution >= 4 is 17.5 Å². The lowest BCUT2D eigenvalue weighted by atomic mass is 10.2. The Morgan fingerprint density at radius 3 is 2.63 bits per heavy atom. The van der Waals surface area contributed by atoms with Crippen LogP contribution in [0, 0.1) is 0 Å². The van der Waals surface area contributed by atoms with E-state index in [1.807, 2.05) is 30.8 Å². The average molecular weight is 278 g/mol. The monoisotopic (exact) mass is 277 g/mol. The Labute approximate surface area is 117 Å². The summed E-state index contributed by atoms with van der Waals surface area (Å²) >= 11 is 5.79. The molecule has 0 spiro atoms. The third-order valence-corrected chi connectivity index (χ3v) is 3.13. The third kappa shape index (κ3) is 3.35. The standard InChI is InChI=1S/C14H16ClN3O/c1-3-18-9-8-13(17-18)10(2)16-14(19)11-4-6-12(15)7-5-11/h4-10H,3H2,1-2H3,(H,16,19). The van der Waals surface area contributed by atoms with Crippen LogP contribution in [-0.4, -0.2) is 15.7 Å². The molecule has 1 unspecified atom stereocenters. The van der Waals surface area contributed by atoms with E-state index in [-0.39, 0.29) is 11.9 Å². The topological polar surface area (TPSA) is 46.9 Å². The maximum Gasteiger partial charge on any atom is 0.251 e. The third-order valence-electron chi connectivity index (χ3n) is 2.88. The van der Waals surface area contributed by atoms with Gasteiger partial charge in [-0.25, -0.2) is 0 Å². The van der Waals surface area contributed by atoms with Gasteiger partial charge in [0.05, 0.1) is 11.7 Å². The van der Waals surface area contributed by atoms with E-state index in [2.05, 4.69) is 10.4 Å². The Kier molecular flexibility index (Phi) is 4.22. The number of benzene rings is 1. The molecule has 1 aromatic carbocycles. The summed E-state index contributed by atoms with van der Waals surface area (Å²) in [6, 6.07) is 8.59. The summed E-state index contributed by atoms with van der Waals surface area (Å²) in [5.41, 5.74) is 1.44. The van der Waals surface area contributed by atoms with Gasteiger partial charge >= 0.3 is 0 Å². The van der Waals surface area contributed by atoms with Crippen LogP contribution in [0.3, 0.4) is 0 Å². The number of nitrogens with one attached hydrogen (secondary N) is 1. The number of halogens is 1. The lowest BCUT2D eigenvalue weighted by Crippen LogP contribution is -2.27. The molecule has 4 nitrogen and oxygen atoms in total. The van der Waals surface area contributed by atoms with Gasteiger partial charge in [0.25, 0.3) is 5.91 Å². The van der Waals surface area contributed by atoms with Crippen LogP contribution >= 0.6 is 11.6 Å². The summed E-state index contributed by atoms with van der Waals surface area (Å²) in [5.74, 6) is -0.129. The van der Waals surface area contributed by atoms with Crippen molar-refractivity contribution < 1.29 is 4.79 Å². The van der Waals surface area contributed by atoms with Gasteiger partial charge in [-0.3, -0.25) is 9.48 Å². The van der Waals surface area contributed by atoms with E-state index in [4.69, 9.17) is 11.6 Å². The molecule has 0 aliphatic heterocycles. The minimum atomic E-state index is -0.129. The van der Waals surface area contributed by atoms with Gasteiger partial charge in [-0.2, -0.15) is 5.10 Å². The second kappa shape index (κ2) is 5.89. The number of carbonyl (C=O) groups is 1. The Morgan fingerprint density at radius 1 is 1.37 bits per heavy atom. The molecule has 0 fully saturated rings. The SMILES string of the molecule is CCn1ccc(C(C)NC(=O)c2ccc(Cl)cc2)n1. The largest absolute Gasteiger partial charge is 0.344 e. The highest BCUT2D eigenvalue weighted by atomic mass is 35.5. The van der Waals surface area contributed by atoms with Gasteiger partial charge in [-0.15, -0.1) is 0 Å². The van der Waals surface area contributed by atoms with Crippen molar-refractivity contribution in [1.29, 1.82) is 0 Å². The first-order chi connectivity index (χ1) is 9.10. The van der Waals surface area contributed by atoms with Gasteiger partial charge in [0, 0.05) is 23.3 Å². The van der Waals surface area contributed by atoms with Crippen LogP contribution in [0.15, 0.2) is 36.5 Å². The predicted octanol–water partition coefficient (Wildman–Crippen LogP) is 3.05. The molecule has 2 aromatic rings. The second-order valence-electron chi connectivity index (χ2n) is 4.30. The molecule has 1 N–H and O–H groups in total. The molecule has 1 heterocycles. The number of rotatable bonds is 4. The second-order valence-corrected chi connectivity index (χ2v) is 4.73. The molecule has 19 heavy (non-hydrogen) atoms. The van der Waals surface area contributed by atoms with Crippen LogP contribution in [-0.2, 0) is 6.54 Å². The molecular formula is C14H16ClN3O. The minimum Gasteiger partial charge on any atom is -0.344 e. The molecule has 1 atom stereocenters. The van der Waals surface area contributed by atoms with Gasteiger partial charge in [0.2, 0.25) is 0 Å². The minimum absolute atomic E-state index is 0.129. The summed E-state index contributed by atoms with van der Waals surface area (Å²) in [7, 11) is 0. The number of nitrogens with zero attached hydrogens (tertiary/aromatic N) is 2. The van der Waals surface area contributed by atoms with E-state index in [9.17, 15) is 4.79 Å². The van der Waals surface area contributed by atoms with Gasteiger partial charge in [0.15, 0.2) is 0 Å². The Bertz CT molecular complexity index is 562. The van der Waals surface area contributed by atoms with Crippen LogP contribution in [0.2, 0.25) is 5.02 Å². The van der Waals surface area contributed by atoms with Crippen molar-refractivity contribution in [1.82, 2.24) is 15.1 Å². The van der Waals surface area contributed by atoms with Crippen LogP contribution in [0.25, 0.3) is 0 Å². The number of amides is 1. The van der Waals surface area contributed by atoms with Crippen molar-refractivity contribution in [2.75, 3.05) is 0 Å². The molecule has 0 saturated carbocycles. The van der Waals surface area contributed by atoms with Gasteiger partial charge in [0.1, 0.15) is 0 Å². The zero-order valence-electron chi connectivity index (χ0n) is 10.9. The fourth-order valence-corrected chi connectivity index (χ4v) is 1.87. The Morgan fingerprint density at radius 2 is 2.05 bits per heavy atom. The molecular weight excluding hydrogens is 262 g/mol. The van der Waals surface area contributed by atoms with Crippen molar-refractivity contribution in [2.24, 2.45) is 0 Å². The van der Waals surface area contributed by atoms with Crippen LogP contribution < -0.4 is 5.32 Å². The summed E-state index contributed by atoms with van der Waals surface area (Å²) in [4.78, 5) is 12.0. The first kappa shape index (κ1) is 13.6. The Hall–Kier alpha value is -1.81. The van der Waals surface area contributed by atoms with E-state index in [0.29, 0.717) is 10.6 Å².